The van der Waals surface area contributed by atoms with Crippen LogP contribution in [0.15, 0.2) is 41.1 Å². The SMILES string of the molecule is Cc1ccc2c(n1)oc1c([N+]3(C)C=CN(C)C3C)c(C)ccc12. The van der Waals surface area contributed by atoms with Crippen LogP contribution in [0.4, 0.5) is 5.69 Å². The van der Waals surface area contributed by atoms with E-state index in [1.807, 2.05) is 13.0 Å². The van der Waals surface area contributed by atoms with Crippen molar-refractivity contribution in [2.45, 2.75) is 26.9 Å². The van der Waals surface area contributed by atoms with Crippen molar-refractivity contribution in [2.24, 2.45) is 0 Å². The molecule has 0 saturated carbocycles. The fourth-order valence-electron chi connectivity index (χ4n) is 3.63. The number of fused-ring (bicyclic) bond motifs is 3. The molecule has 2 atom stereocenters. The topological polar surface area (TPSA) is 29.3 Å². The highest BCUT2D eigenvalue weighted by Gasteiger charge is 2.40. The molecule has 4 rings (SSSR count). The summed E-state index contributed by atoms with van der Waals surface area (Å²) in [6.45, 7) is 6.39. The summed E-state index contributed by atoms with van der Waals surface area (Å²) in [5, 5.41) is 2.23. The number of aryl methyl sites for hydroxylation is 2. The van der Waals surface area contributed by atoms with Crippen LogP contribution in [-0.2, 0) is 0 Å². The number of pyridine rings is 1. The standard InChI is InChI=1S/C19H22N3O/c1-12-6-8-15-16-9-7-13(2)20-19(16)23-18(15)17(12)22(5)11-10-21(4)14(22)3/h6-11,14H,1-5H3/q+1. The summed E-state index contributed by atoms with van der Waals surface area (Å²) in [4.78, 5) is 6.80. The van der Waals surface area contributed by atoms with Crippen LogP contribution in [0.1, 0.15) is 18.2 Å². The maximum Gasteiger partial charge on any atom is 0.227 e. The minimum Gasteiger partial charge on any atom is -0.431 e. The monoisotopic (exact) mass is 308 g/mol. The summed E-state index contributed by atoms with van der Waals surface area (Å²) < 4.78 is 6.93. The molecule has 0 amide bonds. The van der Waals surface area contributed by atoms with Gasteiger partial charge in [-0.2, -0.15) is 0 Å². The largest absolute Gasteiger partial charge is 0.431 e. The molecule has 3 heterocycles. The predicted octanol–water partition coefficient (Wildman–Crippen LogP) is 4.30. The van der Waals surface area contributed by atoms with Crippen LogP contribution in [0.5, 0.6) is 0 Å². The Morgan fingerprint density at radius 2 is 1.87 bits per heavy atom. The fraction of sp³-hybridized carbons (Fsp3) is 0.316. The minimum absolute atomic E-state index is 0.321. The van der Waals surface area contributed by atoms with E-state index in [9.17, 15) is 0 Å². The van der Waals surface area contributed by atoms with Gasteiger partial charge in [0.05, 0.1) is 13.2 Å². The van der Waals surface area contributed by atoms with E-state index in [0.29, 0.717) is 10.6 Å². The van der Waals surface area contributed by atoms with Gasteiger partial charge in [-0.05, 0) is 32.0 Å². The Labute approximate surface area is 136 Å². The van der Waals surface area contributed by atoms with E-state index in [1.54, 1.807) is 0 Å². The molecule has 0 fully saturated rings. The highest BCUT2D eigenvalue weighted by molar-refractivity contribution is 6.08. The van der Waals surface area contributed by atoms with Crippen molar-refractivity contribution in [3.8, 4) is 0 Å². The molecule has 0 radical (unpaired) electrons. The number of quaternary nitrogens is 1. The Morgan fingerprint density at radius 1 is 1.13 bits per heavy atom. The first kappa shape index (κ1) is 14.3. The zero-order chi connectivity index (χ0) is 16.4. The van der Waals surface area contributed by atoms with Crippen molar-refractivity contribution in [1.82, 2.24) is 14.4 Å². The van der Waals surface area contributed by atoms with Gasteiger partial charge in [-0.15, -0.1) is 0 Å². The highest BCUT2D eigenvalue weighted by atomic mass is 16.3. The molecule has 3 aromatic rings. The number of aromatic nitrogens is 1. The molecular weight excluding hydrogens is 286 g/mol. The van der Waals surface area contributed by atoms with Crippen molar-refractivity contribution < 1.29 is 4.42 Å². The molecule has 118 valence electrons. The zero-order valence-corrected chi connectivity index (χ0v) is 14.3. The van der Waals surface area contributed by atoms with E-state index in [2.05, 4.69) is 68.4 Å². The molecule has 1 aromatic carbocycles. The molecule has 4 nitrogen and oxygen atoms in total. The molecule has 1 aliphatic heterocycles. The van der Waals surface area contributed by atoms with Crippen LogP contribution in [0.2, 0.25) is 0 Å². The zero-order valence-electron chi connectivity index (χ0n) is 14.3. The summed E-state index contributed by atoms with van der Waals surface area (Å²) in [5.41, 5.74) is 5.10. The van der Waals surface area contributed by atoms with Gasteiger partial charge < -0.3 is 9.32 Å². The summed E-state index contributed by atoms with van der Waals surface area (Å²) in [6.07, 6.45) is 4.70. The van der Waals surface area contributed by atoms with Gasteiger partial charge in [0.1, 0.15) is 6.20 Å². The predicted molar refractivity (Wildman–Crippen MR) is 95.1 cm³/mol. The van der Waals surface area contributed by atoms with E-state index in [4.69, 9.17) is 4.42 Å². The maximum atomic E-state index is 6.23. The Kier molecular flexibility index (Phi) is 2.85. The summed E-state index contributed by atoms with van der Waals surface area (Å²) >= 11 is 0. The van der Waals surface area contributed by atoms with Gasteiger partial charge >= 0.3 is 0 Å². The molecule has 23 heavy (non-hydrogen) atoms. The van der Waals surface area contributed by atoms with Crippen molar-refractivity contribution in [3.05, 3.63) is 47.9 Å². The van der Waals surface area contributed by atoms with Gasteiger partial charge in [0, 0.05) is 36.0 Å². The lowest BCUT2D eigenvalue weighted by Gasteiger charge is -2.34. The van der Waals surface area contributed by atoms with Crippen molar-refractivity contribution >= 4 is 27.8 Å². The van der Waals surface area contributed by atoms with E-state index in [-0.39, 0.29) is 0 Å². The number of hydrogen-bond acceptors (Lipinski definition) is 3. The normalized spacial score (nSPS) is 24.2. The number of nitrogens with zero attached hydrogens (tertiary/aromatic N) is 3. The summed E-state index contributed by atoms with van der Waals surface area (Å²) in [5.74, 6) is 0. The van der Waals surface area contributed by atoms with E-state index >= 15 is 0 Å². The minimum atomic E-state index is 0.321. The molecular formula is C19H22N3O+. The molecule has 2 aromatic heterocycles. The van der Waals surface area contributed by atoms with Crippen LogP contribution < -0.4 is 4.48 Å². The molecule has 0 saturated heterocycles. The first-order valence-electron chi connectivity index (χ1n) is 7.99. The summed E-state index contributed by atoms with van der Waals surface area (Å²) in [7, 11) is 4.35. The quantitative estimate of drug-likeness (QED) is 0.628. The van der Waals surface area contributed by atoms with E-state index in [1.165, 1.54) is 11.3 Å². The Bertz CT molecular complexity index is 956. The molecule has 0 bridgehead atoms. The smallest absolute Gasteiger partial charge is 0.227 e. The van der Waals surface area contributed by atoms with Crippen LogP contribution >= 0.6 is 0 Å². The lowest BCUT2D eigenvalue weighted by molar-refractivity contribution is 0.226. The molecule has 0 spiro atoms. The average molecular weight is 308 g/mol. The second kappa shape index (κ2) is 4.59. The van der Waals surface area contributed by atoms with Crippen LogP contribution in [0.3, 0.4) is 0 Å². The number of hydrogen-bond donors (Lipinski definition) is 0. The van der Waals surface area contributed by atoms with Crippen LogP contribution in [-0.4, -0.2) is 30.1 Å². The molecule has 0 aliphatic carbocycles. The Morgan fingerprint density at radius 3 is 2.57 bits per heavy atom. The second-order valence-electron chi connectivity index (χ2n) is 6.76. The Hall–Kier alpha value is -2.33. The number of rotatable bonds is 1. The fourth-order valence-corrected chi connectivity index (χ4v) is 3.63. The van der Waals surface area contributed by atoms with Crippen molar-refractivity contribution in [1.29, 1.82) is 0 Å². The lowest BCUT2D eigenvalue weighted by atomic mass is 10.1. The molecule has 0 N–H and O–H groups in total. The van der Waals surface area contributed by atoms with Gasteiger partial charge in [-0.25, -0.2) is 9.47 Å². The van der Waals surface area contributed by atoms with Gasteiger partial charge in [-0.1, -0.05) is 6.07 Å². The third-order valence-electron chi connectivity index (χ3n) is 5.28. The third kappa shape index (κ3) is 1.85. The molecule has 4 heteroatoms. The second-order valence-corrected chi connectivity index (χ2v) is 6.76. The third-order valence-corrected chi connectivity index (χ3v) is 5.28. The number of benzene rings is 1. The summed E-state index contributed by atoms with van der Waals surface area (Å²) in [6, 6.07) is 8.49. The van der Waals surface area contributed by atoms with Gasteiger partial charge in [-0.3, -0.25) is 0 Å². The van der Waals surface area contributed by atoms with E-state index < -0.39 is 0 Å². The van der Waals surface area contributed by atoms with Crippen LogP contribution in [0, 0.1) is 13.8 Å². The average Bonchev–Trinajstić information content (AvgIpc) is 2.99. The molecule has 2 unspecified atom stereocenters. The highest BCUT2D eigenvalue weighted by Crippen LogP contribution is 2.42. The van der Waals surface area contributed by atoms with Crippen molar-refractivity contribution in [2.75, 3.05) is 14.1 Å². The Balaban J connectivity index is 2.09. The van der Waals surface area contributed by atoms with Gasteiger partial charge in [0.15, 0.2) is 17.4 Å². The number of furan rings is 1. The van der Waals surface area contributed by atoms with E-state index in [0.717, 1.165) is 27.8 Å². The first-order valence-corrected chi connectivity index (χ1v) is 7.99. The lowest BCUT2D eigenvalue weighted by Crippen LogP contribution is -2.49. The first-order chi connectivity index (χ1) is 10.9. The van der Waals surface area contributed by atoms with Crippen LogP contribution in [0.25, 0.3) is 22.1 Å². The maximum absolute atomic E-state index is 6.23. The molecule has 1 aliphatic rings. The van der Waals surface area contributed by atoms with Crippen molar-refractivity contribution in [3.63, 3.8) is 0 Å². The van der Waals surface area contributed by atoms with Gasteiger partial charge in [0.25, 0.3) is 0 Å². The van der Waals surface area contributed by atoms with Gasteiger partial charge in [0.2, 0.25) is 5.71 Å².